The summed E-state index contributed by atoms with van der Waals surface area (Å²) < 4.78 is 1.85. The van der Waals surface area contributed by atoms with Crippen molar-refractivity contribution in [2.75, 3.05) is 5.84 Å². The first-order chi connectivity index (χ1) is 8.66. The van der Waals surface area contributed by atoms with Gasteiger partial charge in [0.15, 0.2) is 5.82 Å². The lowest BCUT2D eigenvalue weighted by atomic mass is 10.1. The quantitative estimate of drug-likeness (QED) is 0.487. The van der Waals surface area contributed by atoms with E-state index in [-0.39, 0.29) is 0 Å². The van der Waals surface area contributed by atoms with Gasteiger partial charge in [0.1, 0.15) is 0 Å². The third-order valence-electron chi connectivity index (χ3n) is 3.14. The molecule has 18 heavy (non-hydrogen) atoms. The zero-order valence-electron chi connectivity index (χ0n) is 9.90. The van der Waals surface area contributed by atoms with E-state index < -0.39 is 0 Å². The van der Waals surface area contributed by atoms with Crippen LogP contribution in [0.1, 0.15) is 17.1 Å². The fraction of sp³-hybridized carbons (Fsp3) is 0.167. The molecule has 0 bridgehead atoms. The SMILES string of the molecule is Cc1[nH]c2ccccc2c1Cc1n[nH]c(=S)n1N. The average Bonchev–Trinajstić information content (AvgIpc) is 2.85. The van der Waals surface area contributed by atoms with E-state index in [1.165, 1.54) is 15.6 Å². The maximum atomic E-state index is 5.82. The second-order valence-corrected chi connectivity index (χ2v) is 4.65. The summed E-state index contributed by atoms with van der Waals surface area (Å²) in [5, 5.41) is 8.04. The van der Waals surface area contributed by atoms with Crippen molar-refractivity contribution in [3.8, 4) is 0 Å². The number of H-pyrrole nitrogens is 2. The van der Waals surface area contributed by atoms with E-state index in [2.05, 4.69) is 34.2 Å². The first kappa shape index (κ1) is 11.0. The minimum absolute atomic E-state index is 0.433. The first-order valence-corrected chi connectivity index (χ1v) is 6.05. The summed E-state index contributed by atoms with van der Waals surface area (Å²) in [6.07, 6.45) is 0.652. The smallest absolute Gasteiger partial charge is 0.214 e. The first-order valence-electron chi connectivity index (χ1n) is 5.64. The second-order valence-electron chi connectivity index (χ2n) is 4.27. The van der Waals surface area contributed by atoms with E-state index >= 15 is 0 Å². The van der Waals surface area contributed by atoms with Crippen molar-refractivity contribution in [3.63, 3.8) is 0 Å². The Balaban J connectivity index is 2.12. The summed E-state index contributed by atoms with van der Waals surface area (Å²) in [6, 6.07) is 8.20. The largest absolute Gasteiger partial charge is 0.358 e. The van der Waals surface area contributed by atoms with Crippen molar-refractivity contribution < 1.29 is 0 Å². The van der Waals surface area contributed by atoms with Crippen molar-refractivity contribution in [2.24, 2.45) is 0 Å². The van der Waals surface area contributed by atoms with Crippen molar-refractivity contribution in [3.05, 3.63) is 46.1 Å². The Labute approximate surface area is 109 Å². The lowest BCUT2D eigenvalue weighted by Crippen LogP contribution is -2.13. The fourth-order valence-corrected chi connectivity index (χ4v) is 2.33. The summed E-state index contributed by atoms with van der Waals surface area (Å²) in [5.74, 6) is 6.55. The molecule has 5 nitrogen and oxygen atoms in total. The Bertz CT molecular complexity index is 764. The molecule has 0 atom stereocenters. The molecule has 0 aliphatic rings. The van der Waals surface area contributed by atoms with E-state index in [1.54, 1.807) is 0 Å². The van der Waals surface area contributed by atoms with Crippen LogP contribution in [-0.4, -0.2) is 19.9 Å². The molecule has 4 N–H and O–H groups in total. The van der Waals surface area contributed by atoms with Gasteiger partial charge in [0.25, 0.3) is 0 Å². The van der Waals surface area contributed by atoms with Crippen LogP contribution in [0.4, 0.5) is 0 Å². The molecule has 0 radical (unpaired) electrons. The number of aryl methyl sites for hydroxylation is 1. The van der Waals surface area contributed by atoms with Gasteiger partial charge in [0, 0.05) is 23.0 Å². The number of fused-ring (bicyclic) bond motifs is 1. The van der Waals surface area contributed by atoms with Crippen LogP contribution in [0.25, 0.3) is 10.9 Å². The van der Waals surface area contributed by atoms with Crippen molar-refractivity contribution >= 4 is 23.1 Å². The molecule has 0 fully saturated rings. The highest BCUT2D eigenvalue weighted by Gasteiger charge is 2.12. The maximum absolute atomic E-state index is 5.82. The van der Waals surface area contributed by atoms with E-state index in [0.29, 0.717) is 11.2 Å². The minimum Gasteiger partial charge on any atom is -0.358 e. The lowest BCUT2D eigenvalue weighted by Gasteiger charge is -2.01. The second kappa shape index (κ2) is 3.99. The highest BCUT2D eigenvalue weighted by atomic mass is 32.1. The van der Waals surface area contributed by atoms with Gasteiger partial charge in [-0.3, -0.25) is 5.10 Å². The third kappa shape index (κ3) is 1.62. The number of nitrogens with one attached hydrogen (secondary N) is 2. The Kier molecular flexibility index (Phi) is 2.45. The normalized spacial score (nSPS) is 11.2. The van der Waals surface area contributed by atoms with Crippen molar-refractivity contribution in [2.45, 2.75) is 13.3 Å². The van der Waals surface area contributed by atoms with Crippen LogP contribution >= 0.6 is 12.2 Å². The zero-order valence-corrected chi connectivity index (χ0v) is 10.7. The molecule has 3 aromatic rings. The Morgan fingerprint density at radius 2 is 2.17 bits per heavy atom. The summed E-state index contributed by atoms with van der Waals surface area (Å²) in [5.41, 5.74) is 3.46. The number of nitrogens with zero attached hydrogens (tertiary/aromatic N) is 2. The summed E-state index contributed by atoms with van der Waals surface area (Å²) in [4.78, 5) is 3.36. The number of aromatic amines is 2. The molecular weight excluding hydrogens is 246 g/mol. The predicted octanol–water partition coefficient (Wildman–Crippen LogP) is 2.04. The topological polar surface area (TPSA) is 75.4 Å². The zero-order chi connectivity index (χ0) is 12.7. The van der Waals surface area contributed by atoms with Crippen LogP contribution in [-0.2, 0) is 6.42 Å². The molecule has 1 aromatic carbocycles. The Morgan fingerprint density at radius 3 is 2.89 bits per heavy atom. The van der Waals surface area contributed by atoms with E-state index in [1.807, 2.05) is 12.1 Å². The Morgan fingerprint density at radius 1 is 1.39 bits per heavy atom. The van der Waals surface area contributed by atoms with Crippen molar-refractivity contribution in [1.82, 2.24) is 19.9 Å². The number of hydrogen-bond donors (Lipinski definition) is 3. The highest BCUT2D eigenvalue weighted by Crippen LogP contribution is 2.23. The molecule has 0 aliphatic heterocycles. The molecule has 2 aromatic heterocycles. The molecule has 0 unspecified atom stereocenters. The summed E-state index contributed by atoms with van der Waals surface area (Å²) in [6.45, 7) is 2.05. The molecular formula is C12H13N5S. The van der Waals surface area contributed by atoms with Gasteiger partial charge in [0.2, 0.25) is 4.77 Å². The van der Waals surface area contributed by atoms with Crippen LogP contribution in [0.15, 0.2) is 24.3 Å². The summed E-state index contributed by atoms with van der Waals surface area (Å²) >= 11 is 5.01. The van der Waals surface area contributed by atoms with Crippen LogP contribution in [0.3, 0.4) is 0 Å². The number of hydrogen-bond acceptors (Lipinski definition) is 3. The summed E-state index contributed by atoms with van der Waals surface area (Å²) in [7, 11) is 0. The number of benzene rings is 1. The molecule has 0 amide bonds. The van der Waals surface area contributed by atoms with Gasteiger partial charge in [-0.25, -0.2) is 4.68 Å². The fourth-order valence-electron chi connectivity index (χ4n) is 2.18. The lowest BCUT2D eigenvalue weighted by molar-refractivity contribution is 0.867. The number of nitrogens with two attached hydrogens (primary N) is 1. The Hall–Kier alpha value is -2.08. The molecule has 0 saturated carbocycles. The molecule has 0 spiro atoms. The number of aromatic nitrogens is 4. The molecule has 92 valence electrons. The van der Waals surface area contributed by atoms with Crippen LogP contribution in [0, 0.1) is 11.7 Å². The van der Waals surface area contributed by atoms with E-state index in [0.717, 1.165) is 17.0 Å². The third-order valence-corrected chi connectivity index (χ3v) is 3.43. The average molecular weight is 259 g/mol. The monoisotopic (exact) mass is 259 g/mol. The van der Waals surface area contributed by atoms with Crippen LogP contribution in [0.5, 0.6) is 0 Å². The van der Waals surface area contributed by atoms with Crippen LogP contribution < -0.4 is 5.84 Å². The molecule has 0 aliphatic carbocycles. The van der Waals surface area contributed by atoms with E-state index in [4.69, 9.17) is 18.1 Å². The van der Waals surface area contributed by atoms with Gasteiger partial charge in [-0.15, -0.1) is 0 Å². The molecule has 6 heteroatoms. The van der Waals surface area contributed by atoms with Gasteiger partial charge < -0.3 is 10.8 Å². The maximum Gasteiger partial charge on any atom is 0.214 e. The number of nitrogen functional groups attached to an aromatic ring is 1. The van der Waals surface area contributed by atoms with Gasteiger partial charge in [-0.1, -0.05) is 18.2 Å². The molecule has 2 heterocycles. The standard InChI is InChI=1S/C12H13N5S/c1-7-9(6-11-15-16-12(18)17(11)13)8-4-2-3-5-10(8)14-7/h2-5,14H,6,13H2,1H3,(H,16,18). The number of para-hydroxylation sites is 1. The minimum atomic E-state index is 0.433. The van der Waals surface area contributed by atoms with E-state index in [9.17, 15) is 0 Å². The number of rotatable bonds is 2. The molecule has 3 rings (SSSR count). The van der Waals surface area contributed by atoms with Gasteiger partial charge >= 0.3 is 0 Å². The van der Waals surface area contributed by atoms with Gasteiger partial charge in [-0.2, -0.15) is 5.10 Å². The highest BCUT2D eigenvalue weighted by molar-refractivity contribution is 7.71. The van der Waals surface area contributed by atoms with Gasteiger partial charge in [0.05, 0.1) is 0 Å². The molecule has 0 saturated heterocycles. The predicted molar refractivity (Wildman–Crippen MR) is 73.4 cm³/mol. The van der Waals surface area contributed by atoms with Crippen molar-refractivity contribution in [1.29, 1.82) is 0 Å². The van der Waals surface area contributed by atoms with Crippen LogP contribution in [0.2, 0.25) is 0 Å². The van der Waals surface area contributed by atoms with Gasteiger partial charge in [-0.05, 0) is 30.8 Å².